The number of hydrogen-bond acceptors (Lipinski definition) is 8. The largest absolute Gasteiger partial charge is 0.506 e. The Morgan fingerprint density at radius 3 is 2.15 bits per heavy atom. The number of fused-ring (bicyclic) bond motifs is 1. The Kier molecular flexibility index (Phi) is 15.6. The lowest BCUT2D eigenvalue weighted by atomic mass is 9.98. The van der Waals surface area contributed by atoms with E-state index in [1.807, 2.05) is 29.2 Å². The van der Waals surface area contributed by atoms with Crippen molar-refractivity contribution in [1.82, 2.24) is 40.2 Å². The molecule has 5 amide bonds. The van der Waals surface area contributed by atoms with E-state index >= 15 is 0 Å². The van der Waals surface area contributed by atoms with Crippen molar-refractivity contribution in [3.63, 3.8) is 0 Å². The molecule has 4 heterocycles. The number of alkyl carbamates (subject to hydrolysis) is 1. The molecule has 60 heavy (non-hydrogen) atoms. The molecule has 1 aromatic heterocycles. The summed E-state index contributed by atoms with van der Waals surface area (Å²) in [5, 5.41) is 19.2. The number of rotatable bonds is 13. The Labute approximate surface area is 368 Å². The lowest BCUT2D eigenvalue weighted by Crippen LogP contribution is -2.58. The number of unbranched alkanes of at least 4 members (excludes halogenated alkanes) is 1. The molecule has 0 spiro atoms. The summed E-state index contributed by atoms with van der Waals surface area (Å²) in [6.45, 7) is 9.88. The molecule has 0 bridgehead atoms. The number of benzene rings is 2. The van der Waals surface area contributed by atoms with E-state index in [4.69, 9.17) is 4.74 Å². The Morgan fingerprint density at radius 2 is 1.48 bits per heavy atom. The van der Waals surface area contributed by atoms with Crippen molar-refractivity contribution in [2.45, 2.75) is 121 Å². The van der Waals surface area contributed by atoms with Crippen LogP contribution in [0.2, 0.25) is 0 Å². The summed E-state index contributed by atoms with van der Waals surface area (Å²) < 4.78 is 7.97. The zero-order chi connectivity index (χ0) is 43.0. The lowest BCUT2D eigenvalue weighted by molar-refractivity contribution is -0.138. The molecular weight excluding hydrogens is 900 g/mol. The third kappa shape index (κ3) is 12.1. The normalized spacial score (nSPS) is 18.2. The maximum Gasteiger partial charge on any atom is 0.407 e. The van der Waals surface area contributed by atoms with Crippen LogP contribution in [0.15, 0.2) is 50.1 Å². The van der Waals surface area contributed by atoms with Gasteiger partial charge in [0, 0.05) is 51.2 Å². The monoisotopic (exact) mass is 958 g/mol. The van der Waals surface area contributed by atoms with E-state index in [2.05, 4.69) is 57.7 Å². The number of nitrogens with zero attached hydrogens (tertiary/aromatic N) is 4. The minimum atomic E-state index is -1.07. The summed E-state index contributed by atoms with van der Waals surface area (Å²) in [6, 6.07) is 8.95. The molecule has 0 saturated carbocycles. The van der Waals surface area contributed by atoms with E-state index in [-0.39, 0.29) is 29.8 Å². The number of phenolic OH excluding ortho intramolecular Hbond substituents is 1. The third-order valence-corrected chi connectivity index (χ3v) is 13.0. The summed E-state index contributed by atoms with van der Waals surface area (Å²) in [5.74, 6) is -0.649. The van der Waals surface area contributed by atoms with Crippen LogP contribution in [-0.2, 0) is 20.7 Å². The minimum Gasteiger partial charge on any atom is -0.506 e. The average molecular weight is 961 g/mol. The molecule has 3 saturated heterocycles. The van der Waals surface area contributed by atoms with Crippen molar-refractivity contribution in [2.75, 3.05) is 45.8 Å². The standard InChI is InChI=1S/C43H60Br2N8O7/c1-43(2,3)60-42(59)46-18-8-7-12-34(39(56)51-21-14-29(15-22-51)50-19-9-4-10-20-50)47-38(55)35(27-28-25-31(44)37(54)32(45)26-28)49-40(57)52-23-16-30(17-24-52)53-36-13-6-5-11-33(36)48-41(53)58/h5-6,11,13,25-26,29-30,34-35,54H,4,7-10,12,14-24,27H2,1-3H3,(H,46,59)(H,47,55)(H,48,58)(H,49,57)/t34-,35+/m0/s1. The average Bonchev–Trinajstić information content (AvgIpc) is 3.56. The molecule has 3 aliphatic rings. The van der Waals surface area contributed by atoms with Gasteiger partial charge in [0.15, 0.2) is 0 Å². The molecule has 0 aliphatic carbocycles. The number of halogens is 2. The summed E-state index contributed by atoms with van der Waals surface area (Å²) in [4.78, 5) is 76.8. The van der Waals surface area contributed by atoms with Gasteiger partial charge in [0.25, 0.3) is 0 Å². The first-order valence-electron chi connectivity index (χ1n) is 21.4. The molecule has 6 rings (SSSR count). The number of aromatic hydroxyl groups is 1. The van der Waals surface area contributed by atoms with E-state index in [1.54, 1.807) is 42.4 Å². The molecule has 0 radical (unpaired) electrons. The fourth-order valence-corrected chi connectivity index (χ4v) is 9.93. The van der Waals surface area contributed by atoms with Crippen LogP contribution in [0, 0.1) is 0 Å². The second kappa shape index (κ2) is 20.6. The second-order valence-electron chi connectivity index (χ2n) is 17.3. The highest BCUT2D eigenvalue weighted by Crippen LogP contribution is 2.34. The Balaban J connectivity index is 1.14. The number of amides is 5. The van der Waals surface area contributed by atoms with Gasteiger partial charge < -0.3 is 45.5 Å². The van der Waals surface area contributed by atoms with Gasteiger partial charge in [-0.15, -0.1) is 0 Å². The van der Waals surface area contributed by atoms with Gasteiger partial charge in [0.1, 0.15) is 23.4 Å². The number of nitrogens with one attached hydrogen (secondary N) is 4. The number of phenols is 1. The van der Waals surface area contributed by atoms with Crippen LogP contribution in [0.5, 0.6) is 5.75 Å². The molecule has 2 atom stereocenters. The number of imidazole rings is 1. The van der Waals surface area contributed by atoms with Crippen LogP contribution in [0.4, 0.5) is 9.59 Å². The molecule has 15 nitrogen and oxygen atoms in total. The van der Waals surface area contributed by atoms with Crippen molar-refractivity contribution in [1.29, 1.82) is 0 Å². The fourth-order valence-electron chi connectivity index (χ4n) is 8.65. The second-order valence-corrected chi connectivity index (χ2v) is 19.0. The van der Waals surface area contributed by atoms with Crippen molar-refractivity contribution in [3.8, 4) is 5.75 Å². The van der Waals surface area contributed by atoms with Gasteiger partial charge in [-0.25, -0.2) is 14.4 Å². The van der Waals surface area contributed by atoms with Crippen molar-refractivity contribution < 1.29 is 29.0 Å². The highest BCUT2D eigenvalue weighted by Gasteiger charge is 2.35. The van der Waals surface area contributed by atoms with Crippen LogP contribution < -0.4 is 21.6 Å². The van der Waals surface area contributed by atoms with E-state index in [1.165, 1.54) is 19.3 Å². The maximum absolute atomic E-state index is 14.4. The Bertz CT molecular complexity index is 2010. The first-order chi connectivity index (χ1) is 28.7. The smallest absolute Gasteiger partial charge is 0.407 e. The first kappa shape index (κ1) is 45.4. The van der Waals surface area contributed by atoms with E-state index in [9.17, 15) is 29.1 Å². The zero-order valence-corrected chi connectivity index (χ0v) is 38.1. The summed E-state index contributed by atoms with van der Waals surface area (Å²) in [6.07, 6.45) is 7.54. The maximum atomic E-state index is 14.4. The number of hydrogen-bond donors (Lipinski definition) is 5. The highest BCUT2D eigenvalue weighted by atomic mass is 79.9. The number of piperidine rings is 3. The predicted molar refractivity (Wildman–Crippen MR) is 237 cm³/mol. The van der Waals surface area contributed by atoms with Gasteiger partial charge in [0.2, 0.25) is 11.8 Å². The number of carbonyl (C=O) groups excluding carboxylic acids is 4. The van der Waals surface area contributed by atoms with Crippen LogP contribution in [-0.4, -0.2) is 123 Å². The van der Waals surface area contributed by atoms with Crippen molar-refractivity contribution >= 4 is 66.8 Å². The molecule has 328 valence electrons. The number of aromatic amines is 1. The fraction of sp³-hybridized carbons (Fsp3) is 0.605. The quantitative estimate of drug-likeness (QED) is 0.126. The molecule has 17 heteroatoms. The molecule has 3 aromatic rings. The van der Waals surface area contributed by atoms with Crippen LogP contribution in [0.3, 0.4) is 0 Å². The lowest BCUT2D eigenvalue weighted by Gasteiger charge is -2.41. The van der Waals surface area contributed by atoms with E-state index in [0.29, 0.717) is 85.4 Å². The molecule has 5 N–H and O–H groups in total. The molecule has 3 fully saturated rings. The van der Waals surface area contributed by atoms with Gasteiger partial charge in [-0.05, 0) is 153 Å². The molecule has 3 aliphatic heterocycles. The van der Waals surface area contributed by atoms with Crippen LogP contribution >= 0.6 is 31.9 Å². The predicted octanol–water partition coefficient (Wildman–Crippen LogP) is 6.17. The van der Waals surface area contributed by atoms with Gasteiger partial charge in [-0.2, -0.15) is 0 Å². The number of H-pyrrole nitrogens is 1. The van der Waals surface area contributed by atoms with Gasteiger partial charge in [-0.3, -0.25) is 14.2 Å². The zero-order valence-electron chi connectivity index (χ0n) is 34.9. The van der Waals surface area contributed by atoms with Gasteiger partial charge >= 0.3 is 17.8 Å². The summed E-state index contributed by atoms with van der Waals surface area (Å²) >= 11 is 6.77. The summed E-state index contributed by atoms with van der Waals surface area (Å²) in [5.41, 5.74) is 1.45. The van der Waals surface area contributed by atoms with Gasteiger partial charge in [0.05, 0.1) is 20.0 Å². The first-order valence-corrected chi connectivity index (χ1v) is 23.0. The van der Waals surface area contributed by atoms with Crippen LogP contribution in [0.1, 0.15) is 96.6 Å². The number of likely N-dealkylation sites (tertiary alicyclic amines) is 3. The Hall–Kier alpha value is -4.09. The van der Waals surface area contributed by atoms with Gasteiger partial charge in [-0.1, -0.05) is 18.6 Å². The number of carbonyl (C=O) groups is 4. The molecule has 0 unspecified atom stereocenters. The summed E-state index contributed by atoms with van der Waals surface area (Å²) in [7, 11) is 0. The minimum absolute atomic E-state index is 0.0110. The van der Waals surface area contributed by atoms with Crippen molar-refractivity contribution in [3.05, 3.63) is 61.4 Å². The third-order valence-electron chi connectivity index (χ3n) is 11.8. The topological polar surface area (TPSA) is 181 Å². The Morgan fingerprint density at radius 1 is 0.850 bits per heavy atom. The molecule has 2 aromatic carbocycles. The SMILES string of the molecule is CC(C)(C)OC(=O)NCCCC[C@H](NC(=O)[C@@H](Cc1cc(Br)c(O)c(Br)c1)NC(=O)N1CCC(n2c(=O)[nH]c3ccccc32)CC1)C(=O)N1CCC(N2CCCCC2)CC1. The van der Waals surface area contributed by atoms with Crippen molar-refractivity contribution in [2.24, 2.45) is 0 Å². The number of para-hydroxylation sites is 2. The van der Waals surface area contributed by atoms with E-state index in [0.717, 1.165) is 37.0 Å². The van der Waals surface area contributed by atoms with E-state index < -0.39 is 35.7 Å². The van der Waals surface area contributed by atoms with Crippen LogP contribution in [0.25, 0.3) is 11.0 Å². The highest BCUT2D eigenvalue weighted by molar-refractivity contribution is 9.11. The number of ether oxygens (including phenoxy) is 1. The number of aromatic nitrogens is 2. The molecular formula is C43H60Br2N8O7. The number of urea groups is 1.